The van der Waals surface area contributed by atoms with Crippen molar-refractivity contribution in [3.8, 4) is 23.0 Å². The first-order valence-corrected chi connectivity index (χ1v) is 12.7. The van der Waals surface area contributed by atoms with Crippen LogP contribution in [0.4, 0.5) is 5.82 Å². The highest BCUT2D eigenvalue weighted by molar-refractivity contribution is 7.95. The van der Waals surface area contributed by atoms with Crippen molar-refractivity contribution < 1.29 is 17.9 Å². The molecule has 0 unspecified atom stereocenters. The van der Waals surface area contributed by atoms with Gasteiger partial charge in [-0.2, -0.15) is 0 Å². The molecule has 4 rings (SSSR count). The van der Waals surface area contributed by atoms with E-state index in [1.165, 1.54) is 24.8 Å². The van der Waals surface area contributed by atoms with Gasteiger partial charge < -0.3 is 9.47 Å². The van der Waals surface area contributed by atoms with Crippen LogP contribution >= 0.6 is 11.6 Å². The molecule has 1 N–H and O–H groups in total. The van der Waals surface area contributed by atoms with Crippen LogP contribution in [0.3, 0.4) is 0 Å². The first-order valence-electron chi connectivity index (χ1n) is 10.8. The van der Waals surface area contributed by atoms with E-state index in [0.29, 0.717) is 16.1 Å². The molecular formula is C25H22ClN5O4S. The molecule has 0 radical (unpaired) electrons. The maximum absolute atomic E-state index is 12.8. The lowest BCUT2D eigenvalue weighted by Gasteiger charge is -2.15. The van der Waals surface area contributed by atoms with Crippen LogP contribution in [0.25, 0.3) is 17.2 Å². The van der Waals surface area contributed by atoms with Crippen LogP contribution in [-0.2, 0) is 10.0 Å². The number of nitrogens with zero attached hydrogens (tertiary/aromatic N) is 4. The minimum Gasteiger partial charge on any atom is -0.473 e. The van der Waals surface area contributed by atoms with Gasteiger partial charge in [-0.15, -0.1) is 0 Å². The van der Waals surface area contributed by atoms with Crippen LogP contribution in [0.1, 0.15) is 11.1 Å². The SMILES string of the molecule is Cc1ccc(-c2c(NS(=O)(=O)/C=C/c3ccccc3)ncnc2OCCOc2ncc(Cl)cn2)cc1. The van der Waals surface area contributed by atoms with Gasteiger partial charge in [-0.1, -0.05) is 71.8 Å². The summed E-state index contributed by atoms with van der Waals surface area (Å²) in [5, 5.41) is 1.49. The zero-order chi connectivity index (χ0) is 25.4. The number of nitrogens with one attached hydrogen (secondary N) is 1. The van der Waals surface area contributed by atoms with Crippen LogP contribution in [-0.4, -0.2) is 41.6 Å². The molecule has 9 nitrogen and oxygen atoms in total. The van der Waals surface area contributed by atoms with Crippen LogP contribution in [0.15, 0.2) is 78.7 Å². The lowest BCUT2D eigenvalue weighted by Crippen LogP contribution is -2.14. The molecule has 0 aliphatic rings. The quantitative estimate of drug-likeness (QED) is 0.295. The van der Waals surface area contributed by atoms with Gasteiger partial charge >= 0.3 is 6.01 Å². The fourth-order valence-corrected chi connectivity index (χ4v) is 4.01. The standard InChI is InChI=1S/C25H22ClN5O4S/c1-18-7-9-20(10-8-18)22-23(31-36(32,33)14-11-19-5-3-2-4-6-19)29-17-30-24(22)34-12-13-35-25-27-15-21(26)16-28-25/h2-11,14-17H,12-13H2,1H3,(H,29,30,31)/b14-11+. The molecular weight excluding hydrogens is 502 g/mol. The highest BCUT2D eigenvalue weighted by atomic mass is 35.5. The number of aryl methyl sites for hydroxylation is 1. The van der Waals surface area contributed by atoms with E-state index in [9.17, 15) is 8.42 Å². The zero-order valence-electron chi connectivity index (χ0n) is 19.2. The van der Waals surface area contributed by atoms with E-state index in [2.05, 4.69) is 24.7 Å². The number of hydrogen-bond acceptors (Lipinski definition) is 8. The molecule has 0 aliphatic carbocycles. The van der Waals surface area contributed by atoms with Crippen molar-refractivity contribution in [3.63, 3.8) is 0 Å². The molecule has 0 fully saturated rings. The topological polar surface area (TPSA) is 116 Å². The number of sulfonamides is 1. The van der Waals surface area contributed by atoms with Crippen LogP contribution in [0.2, 0.25) is 5.02 Å². The summed E-state index contributed by atoms with van der Waals surface area (Å²) in [6.45, 7) is 2.18. The Labute approximate surface area is 213 Å². The molecule has 0 atom stereocenters. The Kier molecular flexibility index (Phi) is 8.09. The Morgan fingerprint density at radius 2 is 1.61 bits per heavy atom. The van der Waals surface area contributed by atoms with Crippen LogP contribution in [0.5, 0.6) is 11.9 Å². The Morgan fingerprint density at radius 1 is 0.917 bits per heavy atom. The number of aromatic nitrogens is 4. The fraction of sp³-hybridized carbons (Fsp3) is 0.120. The number of anilines is 1. The summed E-state index contributed by atoms with van der Waals surface area (Å²) in [7, 11) is -3.88. The van der Waals surface area contributed by atoms with Gasteiger partial charge in [0.1, 0.15) is 19.5 Å². The largest absolute Gasteiger partial charge is 0.473 e. The van der Waals surface area contributed by atoms with Crippen molar-refractivity contribution in [1.29, 1.82) is 0 Å². The molecule has 36 heavy (non-hydrogen) atoms. The number of ether oxygens (including phenoxy) is 2. The molecule has 4 aromatic rings. The number of benzene rings is 2. The number of halogens is 1. The minimum atomic E-state index is -3.88. The van der Waals surface area contributed by atoms with Gasteiger partial charge in [0.2, 0.25) is 5.88 Å². The molecule has 0 saturated carbocycles. The zero-order valence-corrected chi connectivity index (χ0v) is 20.8. The van der Waals surface area contributed by atoms with Gasteiger partial charge in [0.25, 0.3) is 10.0 Å². The van der Waals surface area contributed by atoms with Crippen molar-refractivity contribution >= 4 is 33.5 Å². The summed E-state index contributed by atoms with van der Waals surface area (Å²) >= 11 is 5.78. The summed E-state index contributed by atoms with van der Waals surface area (Å²) in [5.74, 6) is 0.280. The van der Waals surface area contributed by atoms with E-state index >= 15 is 0 Å². The van der Waals surface area contributed by atoms with E-state index in [1.54, 1.807) is 12.1 Å². The third-order valence-electron chi connectivity index (χ3n) is 4.78. The van der Waals surface area contributed by atoms with Gasteiger partial charge in [0.05, 0.1) is 28.4 Å². The van der Waals surface area contributed by atoms with Gasteiger partial charge in [-0.25, -0.2) is 28.4 Å². The first-order chi connectivity index (χ1) is 17.4. The summed E-state index contributed by atoms with van der Waals surface area (Å²) < 4.78 is 39.5. The normalized spacial score (nSPS) is 11.4. The van der Waals surface area contributed by atoms with Crippen LogP contribution in [0, 0.1) is 6.92 Å². The summed E-state index contributed by atoms with van der Waals surface area (Å²) in [5.41, 5.74) is 2.88. The van der Waals surface area contributed by atoms with Crippen LogP contribution < -0.4 is 14.2 Å². The molecule has 0 bridgehead atoms. The third-order valence-corrected chi connectivity index (χ3v) is 5.95. The maximum Gasteiger partial charge on any atom is 0.316 e. The summed E-state index contributed by atoms with van der Waals surface area (Å²) in [6.07, 6.45) is 5.59. The first kappa shape index (κ1) is 25.1. The number of rotatable bonds is 10. The summed E-state index contributed by atoms with van der Waals surface area (Å²) in [6, 6.07) is 16.8. The molecule has 2 aromatic carbocycles. The van der Waals surface area contributed by atoms with Crippen molar-refractivity contribution in [2.45, 2.75) is 6.92 Å². The van der Waals surface area contributed by atoms with E-state index in [-0.39, 0.29) is 30.9 Å². The Morgan fingerprint density at radius 3 is 2.33 bits per heavy atom. The molecule has 11 heteroatoms. The number of hydrogen-bond donors (Lipinski definition) is 1. The van der Waals surface area contributed by atoms with Gasteiger partial charge in [-0.05, 0) is 24.1 Å². The van der Waals surface area contributed by atoms with Crippen molar-refractivity contribution in [2.24, 2.45) is 0 Å². The molecule has 0 saturated heterocycles. The van der Waals surface area contributed by atoms with Gasteiger partial charge in [0, 0.05) is 0 Å². The molecule has 0 aliphatic heterocycles. The van der Waals surface area contributed by atoms with Gasteiger partial charge in [0.15, 0.2) is 5.82 Å². The smallest absolute Gasteiger partial charge is 0.316 e. The lowest BCUT2D eigenvalue weighted by molar-refractivity contribution is 0.202. The molecule has 0 spiro atoms. The van der Waals surface area contributed by atoms with E-state index in [4.69, 9.17) is 21.1 Å². The fourth-order valence-electron chi connectivity index (χ4n) is 3.08. The second kappa shape index (κ2) is 11.6. The average Bonchev–Trinajstić information content (AvgIpc) is 2.88. The Bertz CT molecular complexity index is 1430. The second-order valence-corrected chi connectivity index (χ2v) is 9.51. The monoisotopic (exact) mass is 523 g/mol. The van der Waals surface area contributed by atoms with Gasteiger partial charge in [-0.3, -0.25) is 4.72 Å². The van der Waals surface area contributed by atoms with Crippen molar-refractivity contribution in [3.05, 3.63) is 94.9 Å². The van der Waals surface area contributed by atoms with E-state index in [0.717, 1.165) is 16.5 Å². The predicted molar refractivity (Wildman–Crippen MR) is 138 cm³/mol. The van der Waals surface area contributed by atoms with E-state index < -0.39 is 10.0 Å². The maximum atomic E-state index is 12.8. The molecule has 2 aromatic heterocycles. The third kappa shape index (κ3) is 7.00. The minimum absolute atomic E-state index is 0.0866. The lowest BCUT2D eigenvalue weighted by atomic mass is 10.1. The molecule has 184 valence electrons. The highest BCUT2D eigenvalue weighted by Gasteiger charge is 2.19. The molecule has 0 amide bonds. The predicted octanol–water partition coefficient (Wildman–Crippen LogP) is 4.77. The van der Waals surface area contributed by atoms with E-state index in [1.807, 2.05) is 49.4 Å². The summed E-state index contributed by atoms with van der Waals surface area (Å²) in [4.78, 5) is 16.3. The average molecular weight is 524 g/mol. The second-order valence-electron chi connectivity index (χ2n) is 7.51. The highest BCUT2D eigenvalue weighted by Crippen LogP contribution is 2.34. The van der Waals surface area contributed by atoms with Crippen molar-refractivity contribution in [2.75, 3.05) is 17.9 Å². The molecule has 2 heterocycles. The Balaban J connectivity index is 1.56. The Hall–Kier alpha value is -4.02. The van der Waals surface area contributed by atoms with Crippen molar-refractivity contribution in [1.82, 2.24) is 19.9 Å².